The minimum atomic E-state index is 0.530. The summed E-state index contributed by atoms with van der Waals surface area (Å²) in [6.45, 7) is 8.22. The van der Waals surface area contributed by atoms with E-state index in [2.05, 4.69) is 23.2 Å². The molecule has 1 aromatic heterocycles. The summed E-state index contributed by atoms with van der Waals surface area (Å²) in [4.78, 5) is 4.02. The average molecular weight is 158 g/mol. The largest absolute Gasteiger partial charge is 0.228 e. The van der Waals surface area contributed by atoms with E-state index in [4.69, 9.17) is 0 Å². The molecule has 0 unspecified atom stereocenters. The molecule has 0 aliphatic heterocycles. The van der Waals surface area contributed by atoms with Crippen LogP contribution in [0.4, 0.5) is 0 Å². The fourth-order valence-corrected chi connectivity index (χ4v) is 0.943. The molecule has 2 nitrogen and oxygen atoms in total. The summed E-state index contributed by atoms with van der Waals surface area (Å²) in [6.07, 6.45) is 1.60. The molecule has 0 aliphatic rings. The smallest absolute Gasteiger partial charge is 0.129 e. The number of hydrogen-bond acceptors (Lipinski definition) is 3. The first kappa shape index (κ1) is 9.56. The quantitative estimate of drug-likeness (QED) is 0.628. The molecule has 0 aromatic carbocycles. The molecule has 1 aromatic rings. The molecule has 0 bridgehead atoms. The van der Waals surface area contributed by atoms with E-state index in [-0.39, 0.29) is 0 Å². The van der Waals surface area contributed by atoms with Gasteiger partial charge in [0.1, 0.15) is 11.3 Å². The monoisotopic (exact) mass is 158 g/mol. The Morgan fingerprint density at radius 1 is 1.40 bits per heavy atom. The summed E-state index contributed by atoms with van der Waals surface area (Å²) in [5.74, 6) is 0.530. The van der Waals surface area contributed by atoms with Crippen LogP contribution in [0.25, 0.3) is 0 Å². The molecular formula is C7H14N2S. The van der Waals surface area contributed by atoms with Crippen LogP contribution >= 0.6 is 11.5 Å². The molecule has 3 heteroatoms. The van der Waals surface area contributed by atoms with Crippen molar-refractivity contribution in [3.05, 3.63) is 11.3 Å². The maximum absolute atomic E-state index is 4.02. The van der Waals surface area contributed by atoms with Gasteiger partial charge in [0.2, 0.25) is 0 Å². The second-order valence-electron chi connectivity index (χ2n) is 1.93. The number of nitrogens with zero attached hydrogens (tertiary/aromatic N) is 2. The van der Waals surface area contributed by atoms with Crippen molar-refractivity contribution in [2.24, 2.45) is 0 Å². The van der Waals surface area contributed by atoms with Gasteiger partial charge in [-0.3, -0.25) is 0 Å². The summed E-state index contributed by atoms with van der Waals surface area (Å²) in [6, 6.07) is 0. The third-order valence-corrected chi connectivity index (χ3v) is 1.84. The van der Waals surface area contributed by atoms with Gasteiger partial charge in [0.05, 0.1) is 0 Å². The van der Waals surface area contributed by atoms with Gasteiger partial charge in [-0.2, -0.15) is 4.37 Å². The molecule has 0 atom stereocenters. The Morgan fingerprint density at radius 3 is 2.20 bits per heavy atom. The lowest BCUT2D eigenvalue weighted by molar-refractivity contribution is 0.852. The molecule has 58 valence electrons. The Bertz CT molecular complexity index is 147. The Hall–Kier alpha value is -0.440. The highest BCUT2D eigenvalue weighted by molar-refractivity contribution is 7.05. The van der Waals surface area contributed by atoms with Gasteiger partial charge in [-0.15, -0.1) is 0 Å². The van der Waals surface area contributed by atoms with E-state index in [1.54, 1.807) is 6.33 Å². The standard InChI is InChI=1S/C5H8N2S.C2H6/c1-4(2)5-6-3-7-8-5;1-2/h3-4H,1-2H3;1-2H3. The van der Waals surface area contributed by atoms with Gasteiger partial charge in [0, 0.05) is 5.92 Å². The van der Waals surface area contributed by atoms with Crippen LogP contribution in [0.1, 0.15) is 38.6 Å². The molecule has 0 saturated heterocycles. The molecule has 0 radical (unpaired) electrons. The number of aromatic nitrogens is 2. The first-order valence-corrected chi connectivity index (χ1v) is 4.34. The maximum Gasteiger partial charge on any atom is 0.129 e. The Kier molecular flexibility index (Phi) is 5.12. The van der Waals surface area contributed by atoms with Crippen LogP contribution in [0, 0.1) is 0 Å². The summed E-state index contributed by atoms with van der Waals surface area (Å²) < 4.78 is 3.87. The van der Waals surface area contributed by atoms with Gasteiger partial charge in [-0.25, -0.2) is 4.98 Å². The zero-order valence-electron chi connectivity index (χ0n) is 6.96. The van der Waals surface area contributed by atoms with Gasteiger partial charge < -0.3 is 0 Å². The van der Waals surface area contributed by atoms with E-state index in [0.717, 1.165) is 5.01 Å². The van der Waals surface area contributed by atoms with Gasteiger partial charge in [-0.05, 0) is 11.5 Å². The van der Waals surface area contributed by atoms with Crippen LogP contribution < -0.4 is 0 Å². The van der Waals surface area contributed by atoms with Crippen molar-refractivity contribution >= 4 is 11.5 Å². The molecular weight excluding hydrogens is 144 g/mol. The van der Waals surface area contributed by atoms with Crippen molar-refractivity contribution in [3.8, 4) is 0 Å². The minimum absolute atomic E-state index is 0.530. The fraction of sp³-hybridized carbons (Fsp3) is 0.714. The lowest BCUT2D eigenvalue weighted by atomic mass is 10.2. The molecule has 10 heavy (non-hydrogen) atoms. The second-order valence-corrected chi connectivity index (χ2v) is 2.75. The number of rotatable bonds is 1. The molecule has 0 amide bonds. The topological polar surface area (TPSA) is 25.8 Å². The third kappa shape index (κ3) is 2.92. The van der Waals surface area contributed by atoms with Gasteiger partial charge in [0.15, 0.2) is 0 Å². The summed E-state index contributed by atoms with van der Waals surface area (Å²) >= 11 is 1.47. The van der Waals surface area contributed by atoms with E-state index >= 15 is 0 Å². The van der Waals surface area contributed by atoms with Crippen LogP contribution in [-0.4, -0.2) is 9.36 Å². The van der Waals surface area contributed by atoms with Gasteiger partial charge in [0.25, 0.3) is 0 Å². The highest BCUT2D eigenvalue weighted by atomic mass is 32.1. The van der Waals surface area contributed by atoms with Crippen LogP contribution in [0.2, 0.25) is 0 Å². The van der Waals surface area contributed by atoms with E-state index in [0.29, 0.717) is 5.92 Å². The summed E-state index contributed by atoms with van der Waals surface area (Å²) in [5, 5.41) is 1.12. The van der Waals surface area contributed by atoms with Crippen molar-refractivity contribution in [2.45, 2.75) is 33.6 Å². The highest BCUT2D eigenvalue weighted by Gasteiger charge is 1.99. The van der Waals surface area contributed by atoms with Gasteiger partial charge >= 0.3 is 0 Å². The molecule has 0 N–H and O–H groups in total. The van der Waals surface area contributed by atoms with E-state index < -0.39 is 0 Å². The molecule has 0 aliphatic carbocycles. The molecule has 0 saturated carbocycles. The third-order valence-electron chi connectivity index (χ3n) is 0.872. The lowest BCUT2D eigenvalue weighted by Crippen LogP contribution is -1.81. The average Bonchev–Trinajstić information content (AvgIpc) is 2.42. The van der Waals surface area contributed by atoms with Crippen LogP contribution in [0.3, 0.4) is 0 Å². The van der Waals surface area contributed by atoms with Crippen molar-refractivity contribution in [1.29, 1.82) is 0 Å². The predicted octanol–water partition coefficient (Wildman–Crippen LogP) is 2.69. The molecule has 1 heterocycles. The maximum atomic E-state index is 4.02. The van der Waals surface area contributed by atoms with E-state index in [1.807, 2.05) is 13.8 Å². The highest BCUT2D eigenvalue weighted by Crippen LogP contribution is 2.12. The second kappa shape index (κ2) is 5.35. The predicted molar refractivity (Wildman–Crippen MR) is 45.3 cm³/mol. The zero-order valence-corrected chi connectivity index (χ0v) is 7.77. The van der Waals surface area contributed by atoms with E-state index in [9.17, 15) is 0 Å². The van der Waals surface area contributed by atoms with Crippen molar-refractivity contribution in [1.82, 2.24) is 9.36 Å². The first-order valence-electron chi connectivity index (χ1n) is 3.57. The normalized spacial score (nSPS) is 8.90. The van der Waals surface area contributed by atoms with Crippen LogP contribution in [0.15, 0.2) is 6.33 Å². The van der Waals surface area contributed by atoms with Crippen molar-refractivity contribution in [3.63, 3.8) is 0 Å². The Morgan fingerprint density at radius 2 is 2.00 bits per heavy atom. The summed E-state index contributed by atoms with van der Waals surface area (Å²) in [7, 11) is 0. The van der Waals surface area contributed by atoms with Crippen LogP contribution in [-0.2, 0) is 0 Å². The van der Waals surface area contributed by atoms with E-state index in [1.165, 1.54) is 11.5 Å². The summed E-state index contributed by atoms with van der Waals surface area (Å²) in [5.41, 5.74) is 0. The van der Waals surface area contributed by atoms with Gasteiger partial charge in [-0.1, -0.05) is 27.7 Å². The van der Waals surface area contributed by atoms with Crippen LogP contribution in [0.5, 0.6) is 0 Å². The zero-order chi connectivity index (χ0) is 7.98. The molecule has 1 rings (SSSR count). The first-order chi connectivity index (χ1) is 4.80. The molecule has 0 fully saturated rings. The minimum Gasteiger partial charge on any atom is -0.228 e. The lowest BCUT2D eigenvalue weighted by Gasteiger charge is -1.92. The van der Waals surface area contributed by atoms with Crippen molar-refractivity contribution < 1.29 is 0 Å². The molecule has 0 spiro atoms. The Labute approximate surface area is 66.5 Å². The SMILES string of the molecule is CC.CC(C)c1ncns1. The fourth-order valence-electron chi connectivity index (χ4n) is 0.436. The van der Waals surface area contributed by atoms with Crippen molar-refractivity contribution in [2.75, 3.05) is 0 Å². The number of hydrogen-bond donors (Lipinski definition) is 0. The Balaban J connectivity index is 0.000000371.